The zero-order valence-electron chi connectivity index (χ0n) is 18.7. The summed E-state index contributed by atoms with van der Waals surface area (Å²) in [6.45, 7) is 2.68. The average Bonchev–Trinajstić information content (AvgIpc) is 3.28. The molecule has 0 saturated heterocycles. The summed E-state index contributed by atoms with van der Waals surface area (Å²) >= 11 is 15.0. The van der Waals surface area contributed by atoms with E-state index in [2.05, 4.69) is 15.5 Å². The van der Waals surface area contributed by atoms with Gasteiger partial charge in [0, 0.05) is 0 Å². The predicted octanol–water partition coefficient (Wildman–Crippen LogP) is 6.82. The Morgan fingerprint density at radius 1 is 1.09 bits per heavy atom. The molecule has 0 spiro atoms. The normalized spacial score (nSPS) is 11.2. The van der Waals surface area contributed by atoms with Gasteiger partial charge in [0.05, 0.1) is 38.8 Å². The average molecular weight is 547 g/mol. The van der Waals surface area contributed by atoms with E-state index in [9.17, 15) is 4.79 Å². The summed E-state index contributed by atoms with van der Waals surface area (Å²) in [5, 5.41) is 5.03. The molecule has 0 fully saturated rings. The molecule has 180 valence electrons. The van der Waals surface area contributed by atoms with Gasteiger partial charge in [-0.3, -0.25) is 4.79 Å². The minimum Gasteiger partial charge on any atom is -0.490 e. The Morgan fingerprint density at radius 2 is 1.94 bits per heavy atom. The van der Waals surface area contributed by atoms with Gasteiger partial charge in [0.2, 0.25) is 0 Å². The van der Waals surface area contributed by atoms with Crippen molar-refractivity contribution in [3.8, 4) is 11.5 Å². The van der Waals surface area contributed by atoms with E-state index in [1.165, 1.54) is 11.8 Å². The minimum absolute atomic E-state index is 0.211. The van der Waals surface area contributed by atoms with Gasteiger partial charge in [-0.1, -0.05) is 53.2 Å². The number of nitrogens with zero attached hydrogens (tertiary/aromatic N) is 2. The van der Waals surface area contributed by atoms with Crippen LogP contribution in [0.1, 0.15) is 18.1 Å². The summed E-state index contributed by atoms with van der Waals surface area (Å²) < 4.78 is 13.6. The van der Waals surface area contributed by atoms with E-state index in [1.807, 2.05) is 43.3 Å². The summed E-state index contributed by atoms with van der Waals surface area (Å²) in [7, 11) is 0. The number of para-hydroxylation sites is 1. The maximum absolute atomic E-state index is 12.2. The van der Waals surface area contributed by atoms with E-state index in [0.29, 0.717) is 34.8 Å². The maximum atomic E-state index is 12.2. The van der Waals surface area contributed by atoms with Crippen molar-refractivity contribution in [3.63, 3.8) is 0 Å². The number of ether oxygens (including phenoxy) is 2. The van der Waals surface area contributed by atoms with Crippen LogP contribution in [0.4, 0.5) is 0 Å². The highest BCUT2D eigenvalue weighted by molar-refractivity contribution is 8.01. The van der Waals surface area contributed by atoms with Gasteiger partial charge >= 0.3 is 0 Å². The largest absolute Gasteiger partial charge is 0.490 e. The Hall–Kier alpha value is -2.78. The zero-order valence-corrected chi connectivity index (χ0v) is 21.8. The molecule has 3 aromatic carbocycles. The molecule has 0 aliphatic carbocycles. The van der Waals surface area contributed by atoms with Gasteiger partial charge in [0.1, 0.15) is 6.61 Å². The Labute approximate surface area is 221 Å². The first-order chi connectivity index (χ1) is 17.0. The molecular formula is C25H21Cl2N3O3S2. The monoisotopic (exact) mass is 545 g/mol. The third-order valence-electron chi connectivity index (χ3n) is 4.65. The number of carbonyl (C=O) groups is 1. The number of aromatic nitrogens is 1. The van der Waals surface area contributed by atoms with Crippen LogP contribution in [0.25, 0.3) is 10.2 Å². The summed E-state index contributed by atoms with van der Waals surface area (Å²) in [5.74, 6) is 1.18. The summed E-state index contributed by atoms with van der Waals surface area (Å²) in [4.78, 5) is 16.7. The number of hydrogen-bond acceptors (Lipinski definition) is 7. The van der Waals surface area contributed by atoms with Gasteiger partial charge in [0.15, 0.2) is 15.8 Å². The van der Waals surface area contributed by atoms with Crippen molar-refractivity contribution in [2.45, 2.75) is 17.9 Å². The minimum atomic E-state index is -0.211. The lowest BCUT2D eigenvalue weighted by Gasteiger charge is -2.13. The number of carbonyl (C=O) groups excluding carboxylic acids is 1. The van der Waals surface area contributed by atoms with Crippen molar-refractivity contribution >= 4 is 68.6 Å². The van der Waals surface area contributed by atoms with E-state index in [4.69, 9.17) is 32.7 Å². The van der Waals surface area contributed by atoms with Crippen LogP contribution in [-0.2, 0) is 11.4 Å². The Bertz CT molecular complexity index is 1330. The molecule has 0 unspecified atom stereocenters. The fourth-order valence-electron chi connectivity index (χ4n) is 3.03. The van der Waals surface area contributed by atoms with Gasteiger partial charge in [-0.25, -0.2) is 10.4 Å². The van der Waals surface area contributed by atoms with E-state index in [0.717, 1.165) is 25.7 Å². The number of hydrogen-bond donors (Lipinski definition) is 1. The van der Waals surface area contributed by atoms with Crippen LogP contribution in [0.5, 0.6) is 11.5 Å². The lowest BCUT2D eigenvalue weighted by molar-refractivity contribution is -0.118. The molecule has 0 aliphatic rings. The van der Waals surface area contributed by atoms with Crippen LogP contribution in [0.3, 0.4) is 0 Å². The number of thioether (sulfide) groups is 1. The third kappa shape index (κ3) is 7.11. The van der Waals surface area contributed by atoms with E-state index in [1.54, 1.807) is 41.8 Å². The molecule has 1 aromatic heterocycles. The molecule has 1 N–H and O–H groups in total. The molecule has 0 atom stereocenters. The summed E-state index contributed by atoms with van der Waals surface area (Å²) in [5.41, 5.74) is 5.13. The van der Waals surface area contributed by atoms with Crippen molar-refractivity contribution in [3.05, 3.63) is 81.8 Å². The van der Waals surface area contributed by atoms with Gasteiger partial charge < -0.3 is 9.47 Å². The number of fused-ring (bicyclic) bond motifs is 1. The molecule has 4 rings (SSSR count). The number of hydrazone groups is 1. The molecule has 10 heteroatoms. The maximum Gasteiger partial charge on any atom is 0.250 e. The van der Waals surface area contributed by atoms with Gasteiger partial charge in [-0.15, -0.1) is 11.3 Å². The number of amides is 1. The van der Waals surface area contributed by atoms with Crippen molar-refractivity contribution in [1.29, 1.82) is 0 Å². The van der Waals surface area contributed by atoms with E-state index >= 15 is 0 Å². The SMILES string of the molecule is CCOc1cc(/C=N/NC(=O)CSc2nc3ccccc3s2)ccc1OCc1ccc(Cl)c(Cl)c1. The number of thiazole rings is 1. The molecule has 35 heavy (non-hydrogen) atoms. The number of benzene rings is 3. The third-order valence-corrected chi connectivity index (χ3v) is 7.57. The predicted molar refractivity (Wildman–Crippen MR) is 144 cm³/mol. The van der Waals surface area contributed by atoms with Crippen molar-refractivity contribution in [2.24, 2.45) is 5.10 Å². The molecule has 6 nitrogen and oxygen atoms in total. The molecule has 1 heterocycles. The van der Waals surface area contributed by atoms with Crippen molar-refractivity contribution < 1.29 is 14.3 Å². The van der Waals surface area contributed by atoms with Crippen LogP contribution in [0.2, 0.25) is 10.0 Å². The smallest absolute Gasteiger partial charge is 0.250 e. The molecule has 1 amide bonds. The fraction of sp³-hybridized carbons (Fsp3) is 0.160. The van der Waals surface area contributed by atoms with Crippen molar-refractivity contribution in [1.82, 2.24) is 10.4 Å². The second-order valence-electron chi connectivity index (χ2n) is 7.21. The van der Waals surface area contributed by atoms with E-state index < -0.39 is 0 Å². The summed E-state index contributed by atoms with van der Waals surface area (Å²) in [6.07, 6.45) is 1.56. The second-order valence-corrected chi connectivity index (χ2v) is 10.3. The quantitative estimate of drug-likeness (QED) is 0.134. The first kappa shape index (κ1) is 25.3. The number of halogens is 2. The molecule has 0 saturated carbocycles. The lowest BCUT2D eigenvalue weighted by atomic mass is 10.2. The van der Waals surface area contributed by atoms with E-state index in [-0.39, 0.29) is 11.7 Å². The van der Waals surface area contributed by atoms with Crippen LogP contribution in [0.15, 0.2) is 70.1 Å². The highest BCUT2D eigenvalue weighted by Gasteiger charge is 2.09. The van der Waals surface area contributed by atoms with Crippen LogP contribution >= 0.6 is 46.3 Å². The summed E-state index contributed by atoms with van der Waals surface area (Å²) in [6, 6.07) is 18.7. The molecule has 4 aromatic rings. The first-order valence-electron chi connectivity index (χ1n) is 10.7. The van der Waals surface area contributed by atoms with Crippen LogP contribution in [-0.4, -0.2) is 29.5 Å². The fourth-order valence-corrected chi connectivity index (χ4v) is 5.22. The number of nitrogens with one attached hydrogen (secondary N) is 1. The molecule has 0 bridgehead atoms. The molecule has 0 aliphatic heterocycles. The number of rotatable bonds is 10. The van der Waals surface area contributed by atoms with Gasteiger partial charge in [-0.05, 0) is 60.5 Å². The van der Waals surface area contributed by atoms with Crippen molar-refractivity contribution in [2.75, 3.05) is 12.4 Å². The standard InChI is InChI=1S/C25H21Cl2N3O3S2/c1-2-32-22-12-16(8-10-21(22)33-14-17-7-9-18(26)19(27)11-17)13-28-30-24(31)15-34-25-29-20-5-3-4-6-23(20)35-25/h3-13H,2,14-15H2,1H3,(H,30,31)/b28-13+. The van der Waals surface area contributed by atoms with Gasteiger partial charge in [-0.2, -0.15) is 5.10 Å². The second kappa shape index (κ2) is 12.3. The topological polar surface area (TPSA) is 72.8 Å². The highest BCUT2D eigenvalue weighted by Crippen LogP contribution is 2.30. The molecular weight excluding hydrogens is 525 g/mol. The van der Waals surface area contributed by atoms with Crippen LogP contribution < -0.4 is 14.9 Å². The Morgan fingerprint density at radius 3 is 2.74 bits per heavy atom. The van der Waals surface area contributed by atoms with Gasteiger partial charge in [0.25, 0.3) is 5.91 Å². The Kier molecular flexibility index (Phi) is 8.87. The highest BCUT2D eigenvalue weighted by atomic mass is 35.5. The zero-order chi connectivity index (χ0) is 24.6. The lowest BCUT2D eigenvalue weighted by Crippen LogP contribution is -2.19. The first-order valence-corrected chi connectivity index (χ1v) is 13.2. The van der Waals surface area contributed by atoms with Crippen LogP contribution in [0, 0.1) is 0 Å². The Balaban J connectivity index is 1.31. The molecule has 0 radical (unpaired) electrons.